The van der Waals surface area contributed by atoms with E-state index in [0.29, 0.717) is 16.5 Å². The van der Waals surface area contributed by atoms with Gasteiger partial charge in [-0.1, -0.05) is 11.6 Å². The third kappa shape index (κ3) is 3.04. The van der Waals surface area contributed by atoms with Gasteiger partial charge in [-0.3, -0.25) is 9.59 Å². The van der Waals surface area contributed by atoms with E-state index in [9.17, 15) is 14.4 Å². The van der Waals surface area contributed by atoms with Crippen LogP contribution in [0.25, 0.3) is 0 Å². The highest BCUT2D eigenvalue weighted by Crippen LogP contribution is 2.27. The standard InChI is InChI=1S/C19H10ClN3O4/c20-12-3-7-14(8-4-12)27-19(26)11-1-5-13(6-2-11)23-17(24)15-9-21-22-10-16(15)18(23)25/h1-10H. The van der Waals surface area contributed by atoms with Gasteiger partial charge in [0.15, 0.2) is 0 Å². The number of halogens is 1. The van der Waals surface area contributed by atoms with Crippen LogP contribution in [0.3, 0.4) is 0 Å². The number of carbonyl (C=O) groups is 3. The lowest BCUT2D eigenvalue weighted by molar-refractivity contribution is 0.0734. The van der Waals surface area contributed by atoms with E-state index in [2.05, 4.69) is 10.2 Å². The molecule has 27 heavy (non-hydrogen) atoms. The van der Waals surface area contributed by atoms with Crippen molar-refractivity contribution in [3.05, 3.63) is 82.6 Å². The van der Waals surface area contributed by atoms with Gasteiger partial charge in [0.05, 0.1) is 34.8 Å². The second-order valence-corrected chi connectivity index (χ2v) is 6.09. The molecule has 3 aromatic rings. The summed E-state index contributed by atoms with van der Waals surface area (Å²) in [5.41, 5.74) is 1.00. The lowest BCUT2D eigenvalue weighted by Crippen LogP contribution is -2.29. The van der Waals surface area contributed by atoms with Crippen molar-refractivity contribution in [1.82, 2.24) is 10.2 Å². The van der Waals surface area contributed by atoms with Crippen LogP contribution in [0.2, 0.25) is 5.02 Å². The molecule has 0 radical (unpaired) electrons. The monoisotopic (exact) mass is 379 g/mol. The number of rotatable bonds is 3. The van der Waals surface area contributed by atoms with E-state index in [4.69, 9.17) is 16.3 Å². The van der Waals surface area contributed by atoms with E-state index in [1.807, 2.05) is 0 Å². The molecule has 0 spiro atoms. The first-order valence-corrected chi connectivity index (χ1v) is 8.19. The van der Waals surface area contributed by atoms with Crippen molar-refractivity contribution in [3.63, 3.8) is 0 Å². The average Bonchev–Trinajstić information content (AvgIpc) is 2.95. The lowest BCUT2D eigenvalue weighted by Gasteiger charge is -2.14. The second-order valence-electron chi connectivity index (χ2n) is 5.65. The third-order valence-electron chi connectivity index (χ3n) is 3.98. The molecule has 0 saturated carbocycles. The van der Waals surface area contributed by atoms with Crippen LogP contribution in [0.1, 0.15) is 31.1 Å². The Labute approximate surface area is 158 Å². The quantitative estimate of drug-likeness (QED) is 0.394. The summed E-state index contributed by atoms with van der Waals surface area (Å²) in [7, 11) is 0. The van der Waals surface area contributed by atoms with Gasteiger partial charge in [-0.15, -0.1) is 0 Å². The molecule has 1 aliphatic heterocycles. The number of ether oxygens (including phenoxy) is 1. The smallest absolute Gasteiger partial charge is 0.343 e. The predicted octanol–water partition coefficient (Wildman–Crippen LogP) is 3.15. The van der Waals surface area contributed by atoms with Crippen molar-refractivity contribution in [2.75, 3.05) is 4.90 Å². The minimum absolute atomic E-state index is 0.196. The maximum atomic E-state index is 12.4. The van der Waals surface area contributed by atoms with Crippen LogP contribution in [0.15, 0.2) is 60.9 Å². The zero-order valence-corrected chi connectivity index (χ0v) is 14.4. The number of amides is 2. The summed E-state index contributed by atoms with van der Waals surface area (Å²) in [6, 6.07) is 12.3. The molecule has 0 N–H and O–H groups in total. The Morgan fingerprint density at radius 3 is 1.96 bits per heavy atom. The number of fused-ring (bicyclic) bond motifs is 1. The van der Waals surface area contributed by atoms with Gasteiger partial charge >= 0.3 is 5.97 Å². The van der Waals surface area contributed by atoms with E-state index in [-0.39, 0.29) is 16.7 Å². The molecule has 8 heteroatoms. The summed E-state index contributed by atoms with van der Waals surface area (Å²) in [5, 5.41) is 7.80. The highest BCUT2D eigenvalue weighted by atomic mass is 35.5. The van der Waals surface area contributed by atoms with Gasteiger partial charge in [-0.05, 0) is 48.5 Å². The van der Waals surface area contributed by atoms with Crippen LogP contribution in [-0.4, -0.2) is 28.0 Å². The van der Waals surface area contributed by atoms with Gasteiger partial charge in [-0.25, -0.2) is 9.69 Å². The van der Waals surface area contributed by atoms with Crippen LogP contribution in [0.5, 0.6) is 5.75 Å². The molecular weight excluding hydrogens is 370 g/mol. The molecule has 0 bridgehead atoms. The number of carbonyl (C=O) groups excluding carboxylic acids is 3. The Balaban J connectivity index is 1.54. The average molecular weight is 380 g/mol. The molecule has 7 nitrogen and oxygen atoms in total. The Morgan fingerprint density at radius 1 is 0.852 bits per heavy atom. The number of hydrogen-bond donors (Lipinski definition) is 0. The normalized spacial score (nSPS) is 12.9. The molecule has 132 valence electrons. The van der Waals surface area contributed by atoms with Gasteiger partial charge in [0, 0.05) is 5.02 Å². The van der Waals surface area contributed by atoms with Crippen LogP contribution >= 0.6 is 11.6 Å². The summed E-state index contributed by atoms with van der Waals surface area (Å²) < 4.78 is 5.25. The highest BCUT2D eigenvalue weighted by molar-refractivity contribution is 6.34. The number of imide groups is 1. The van der Waals surface area contributed by atoms with Gasteiger partial charge in [0.2, 0.25) is 0 Å². The Kier molecular flexibility index (Phi) is 4.13. The van der Waals surface area contributed by atoms with E-state index in [0.717, 1.165) is 4.90 Å². The molecule has 0 aliphatic carbocycles. The molecule has 1 aromatic heterocycles. The predicted molar refractivity (Wildman–Crippen MR) is 96.0 cm³/mol. The van der Waals surface area contributed by atoms with Crippen molar-refractivity contribution in [2.45, 2.75) is 0 Å². The first kappa shape index (κ1) is 16.9. The van der Waals surface area contributed by atoms with E-state index >= 15 is 0 Å². The van der Waals surface area contributed by atoms with Gasteiger partial charge in [0.1, 0.15) is 5.75 Å². The maximum Gasteiger partial charge on any atom is 0.343 e. The number of anilines is 1. The number of esters is 1. The summed E-state index contributed by atoms with van der Waals surface area (Å²) in [6.45, 7) is 0. The van der Waals surface area contributed by atoms with Crippen LogP contribution in [0.4, 0.5) is 5.69 Å². The lowest BCUT2D eigenvalue weighted by atomic mass is 10.2. The fourth-order valence-electron chi connectivity index (χ4n) is 2.64. The minimum atomic E-state index is -0.570. The molecule has 4 rings (SSSR count). The van der Waals surface area contributed by atoms with Crippen molar-refractivity contribution in [2.24, 2.45) is 0 Å². The van der Waals surface area contributed by atoms with E-state index in [1.165, 1.54) is 36.7 Å². The summed E-state index contributed by atoms with van der Waals surface area (Å²) in [6.07, 6.45) is 2.51. The topological polar surface area (TPSA) is 89.5 Å². The zero-order chi connectivity index (χ0) is 19.0. The van der Waals surface area contributed by atoms with Crippen LogP contribution in [-0.2, 0) is 0 Å². The molecule has 2 heterocycles. The number of benzene rings is 2. The third-order valence-corrected chi connectivity index (χ3v) is 4.23. The fraction of sp³-hybridized carbons (Fsp3) is 0. The van der Waals surface area contributed by atoms with Crippen molar-refractivity contribution in [1.29, 1.82) is 0 Å². The van der Waals surface area contributed by atoms with Gasteiger partial charge in [-0.2, -0.15) is 10.2 Å². The van der Waals surface area contributed by atoms with E-state index in [1.54, 1.807) is 24.3 Å². The Hall–Kier alpha value is -3.58. The molecular formula is C19H10ClN3O4. The largest absolute Gasteiger partial charge is 0.423 e. The molecule has 0 atom stereocenters. The number of aromatic nitrogens is 2. The molecule has 0 unspecified atom stereocenters. The van der Waals surface area contributed by atoms with Gasteiger partial charge in [0.25, 0.3) is 11.8 Å². The molecule has 0 saturated heterocycles. The maximum absolute atomic E-state index is 12.4. The summed E-state index contributed by atoms with van der Waals surface area (Å²) in [4.78, 5) is 38.1. The first-order chi connectivity index (χ1) is 13.0. The van der Waals surface area contributed by atoms with Gasteiger partial charge < -0.3 is 4.74 Å². The van der Waals surface area contributed by atoms with Crippen molar-refractivity contribution >= 4 is 35.1 Å². The molecule has 0 fully saturated rings. The van der Waals surface area contributed by atoms with E-state index < -0.39 is 17.8 Å². The fourth-order valence-corrected chi connectivity index (χ4v) is 2.77. The van der Waals surface area contributed by atoms with Crippen LogP contribution in [0, 0.1) is 0 Å². The number of nitrogens with zero attached hydrogens (tertiary/aromatic N) is 3. The molecule has 2 aromatic carbocycles. The Bertz CT molecular complexity index is 1030. The summed E-state index contributed by atoms with van der Waals surface area (Å²) >= 11 is 5.79. The SMILES string of the molecule is O=C(Oc1ccc(Cl)cc1)c1ccc(N2C(=O)c3cnncc3C2=O)cc1. The first-order valence-electron chi connectivity index (χ1n) is 7.82. The van der Waals surface area contributed by atoms with Crippen molar-refractivity contribution < 1.29 is 19.1 Å². The molecule has 1 aliphatic rings. The Morgan fingerprint density at radius 2 is 1.41 bits per heavy atom. The number of hydrogen-bond acceptors (Lipinski definition) is 6. The van der Waals surface area contributed by atoms with Crippen LogP contribution < -0.4 is 9.64 Å². The molecule has 2 amide bonds. The highest BCUT2D eigenvalue weighted by Gasteiger charge is 2.37. The van der Waals surface area contributed by atoms with Crippen molar-refractivity contribution in [3.8, 4) is 5.75 Å². The minimum Gasteiger partial charge on any atom is -0.423 e. The summed E-state index contributed by atoms with van der Waals surface area (Å²) in [5.74, 6) is -1.18. The second kappa shape index (κ2) is 6.62. The zero-order valence-electron chi connectivity index (χ0n) is 13.6.